The normalized spacial score (nSPS) is 10.6. The Labute approximate surface area is 168 Å². The van der Waals surface area contributed by atoms with Crippen molar-refractivity contribution in [3.05, 3.63) is 82.3 Å². The minimum absolute atomic E-state index is 0.0906. The van der Waals surface area contributed by atoms with E-state index < -0.39 is 11.3 Å². The lowest BCUT2D eigenvalue weighted by molar-refractivity contribution is -0.118. The Bertz CT molecular complexity index is 1090. The first-order valence-electron chi connectivity index (χ1n) is 9.24. The quantitative estimate of drug-likeness (QED) is 0.698. The van der Waals surface area contributed by atoms with Crippen LogP contribution in [0.15, 0.2) is 65.5 Å². The number of carbonyl (C=O) groups is 2. The molecule has 0 atom stereocenters. The summed E-state index contributed by atoms with van der Waals surface area (Å²) in [6, 6.07) is 17.3. The molecule has 0 bridgehead atoms. The van der Waals surface area contributed by atoms with Gasteiger partial charge in [-0.05, 0) is 43.3 Å². The standard InChI is InChI=1S/C22H22N4O3/c1-14(2)21(28)23-16-9-11-17(12-10-16)24-22(29)20-19(27)13-15(3)26(25-20)18-7-5-4-6-8-18/h4-14H,1-3H3,(H,23,28)(H,24,29). The summed E-state index contributed by atoms with van der Waals surface area (Å²) >= 11 is 0. The van der Waals surface area contributed by atoms with E-state index in [-0.39, 0.29) is 17.5 Å². The van der Waals surface area contributed by atoms with Crippen LogP contribution in [0.1, 0.15) is 30.0 Å². The highest BCUT2D eigenvalue weighted by Crippen LogP contribution is 2.15. The summed E-state index contributed by atoms with van der Waals surface area (Å²) in [5.41, 5.74) is 1.85. The van der Waals surface area contributed by atoms with Gasteiger partial charge in [-0.25, -0.2) is 4.68 Å². The molecule has 29 heavy (non-hydrogen) atoms. The van der Waals surface area contributed by atoms with Crippen LogP contribution in [-0.2, 0) is 4.79 Å². The molecule has 0 saturated heterocycles. The Hall–Kier alpha value is -3.74. The number of aromatic nitrogens is 2. The third-order valence-corrected chi connectivity index (χ3v) is 4.26. The van der Waals surface area contributed by atoms with E-state index in [0.717, 1.165) is 5.69 Å². The molecule has 2 amide bonds. The zero-order valence-corrected chi connectivity index (χ0v) is 16.5. The molecule has 0 unspecified atom stereocenters. The summed E-state index contributed by atoms with van der Waals surface area (Å²) in [5, 5.41) is 9.70. The van der Waals surface area contributed by atoms with Crippen LogP contribution in [0.5, 0.6) is 0 Å². The zero-order valence-electron chi connectivity index (χ0n) is 16.5. The van der Waals surface area contributed by atoms with E-state index >= 15 is 0 Å². The van der Waals surface area contributed by atoms with Gasteiger partial charge in [-0.3, -0.25) is 14.4 Å². The van der Waals surface area contributed by atoms with E-state index in [9.17, 15) is 14.4 Å². The molecule has 0 aliphatic carbocycles. The van der Waals surface area contributed by atoms with Crippen LogP contribution < -0.4 is 16.1 Å². The first-order chi connectivity index (χ1) is 13.8. The number of para-hydroxylation sites is 1. The van der Waals surface area contributed by atoms with Gasteiger partial charge in [-0.2, -0.15) is 5.10 Å². The van der Waals surface area contributed by atoms with Gasteiger partial charge in [0.15, 0.2) is 5.69 Å². The molecule has 0 radical (unpaired) electrons. The number of nitrogens with one attached hydrogen (secondary N) is 2. The largest absolute Gasteiger partial charge is 0.326 e. The van der Waals surface area contributed by atoms with Crippen LogP contribution in [0.3, 0.4) is 0 Å². The molecule has 7 nitrogen and oxygen atoms in total. The van der Waals surface area contributed by atoms with E-state index in [1.807, 2.05) is 30.3 Å². The second-order valence-corrected chi connectivity index (χ2v) is 6.92. The molecule has 3 aromatic rings. The number of benzene rings is 2. The topological polar surface area (TPSA) is 93.1 Å². The van der Waals surface area contributed by atoms with Gasteiger partial charge in [-0.15, -0.1) is 0 Å². The van der Waals surface area contributed by atoms with Gasteiger partial charge in [0.1, 0.15) is 0 Å². The summed E-state index contributed by atoms with van der Waals surface area (Å²) in [7, 11) is 0. The highest BCUT2D eigenvalue weighted by molar-refractivity contribution is 6.03. The predicted molar refractivity (Wildman–Crippen MR) is 112 cm³/mol. The molecule has 0 aliphatic heterocycles. The Morgan fingerprint density at radius 3 is 2.10 bits per heavy atom. The first kappa shape index (κ1) is 20.0. The molecule has 3 rings (SSSR count). The Morgan fingerprint density at radius 1 is 0.931 bits per heavy atom. The minimum Gasteiger partial charge on any atom is -0.326 e. The third-order valence-electron chi connectivity index (χ3n) is 4.26. The van der Waals surface area contributed by atoms with Gasteiger partial charge in [0.25, 0.3) is 5.91 Å². The SMILES string of the molecule is Cc1cc(=O)c(C(=O)Nc2ccc(NC(=O)C(C)C)cc2)nn1-c1ccccc1. The van der Waals surface area contributed by atoms with Crippen LogP contribution in [0, 0.1) is 12.8 Å². The van der Waals surface area contributed by atoms with E-state index in [2.05, 4.69) is 15.7 Å². The van der Waals surface area contributed by atoms with E-state index in [1.54, 1.807) is 49.7 Å². The highest BCUT2D eigenvalue weighted by Gasteiger charge is 2.16. The summed E-state index contributed by atoms with van der Waals surface area (Å²) in [6.07, 6.45) is 0. The third kappa shape index (κ3) is 4.76. The molecule has 148 valence electrons. The van der Waals surface area contributed by atoms with Gasteiger partial charge >= 0.3 is 0 Å². The lowest BCUT2D eigenvalue weighted by atomic mass is 10.2. The average Bonchev–Trinajstić information content (AvgIpc) is 2.70. The fourth-order valence-corrected chi connectivity index (χ4v) is 2.65. The van der Waals surface area contributed by atoms with Crippen molar-refractivity contribution in [2.45, 2.75) is 20.8 Å². The summed E-state index contributed by atoms with van der Waals surface area (Å²) < 4.78 is 1.56. The predicted octanol–water partition coefficient (Wildman–Crippen LogP) is 3.39. The smallest absolute Gasteiger partial charge is 0.280 e. The maximum atomic E-state index is 12.6. The van der Waals surface area contributed by atoms with E-state index in [0.29, 0.717) is 17.1 Å². The number of hydrogen-bond acceptors (Lipinski definition) is 4. The molecule has 7 heteroatoms. The van der Waals surface area contributed by atoms with Crippen LogP contribution in [0.2, 0.25) is 0 Å². The zero-order chi connectivity index (χ0) is 21.0. The number of nitrogens with zero attached hydrogens (tertiary/aromatic N) is 2. The van der Waals surface area contributed by atoms with Crippen molar-refractivity contribution < 1.29 is 9.59 Å². The highest BCUT2D eigenvalue weighted by atomic mass is 16.2. The van der Waals surface area contributed by atoms with Crippen LogP contribution >= 0.6 is 0 Å². The number of hydrogen-bond donors (Lipinski definition) is 2. The van der Waals surface area contributed by atoms with Gasteiger partial charge in [0.2, 0.25) is 11.3 Å². The summed E-state index contributed by atoms with van der Waals surface area (Å²) in [5.74, 6) is -0.820. The van der Waals surface area contributed by atoms with E-state index in [4.69, 9.17) is 0 Å². The summed E-state index contributed by atoms with van der Waals surface area (Å²) in [6.45, 7) is 5.37. The Balaban J connectivity index is 1.81. The Morgan fingerprint density at radius 2 is 1.52 bits per heavy atom. The van der Waals surface area contributed by atoms with Crippen molar-refractivity contribution >= 4 is 23.2 Å². The number of rotatable bonds is 5. The van der Waals surface area contributed by atoms with Crippen molar-refractivity contribution in [2.75, 3.05) is 10.6 Å². The van der Waals surface area contributed by atoms with Crippen molar-refractivity contribution in [3.8, 4) is 5.69 Å². The first-order valence-corrected chi connectivity index (χ1v) is 9.24. The molecule has 0 spiro atoms. The molecule has 0 aliphatic rings. The van der Waals surface area contributed by atoms with Crippen LogP contribution in [-0.4, -0.2) is 21.6 Å². The number of anilines is 2. The van der Waals surface area contributed by atoms with Crippen molar-refractivity contribution in [3.63, 3.8) is 0 Å². The molecule has 2 aromatic carbocycles. The van der Waals surface area contributed by atoms with Crippen LogP contribution in [0.4, 0.5) is 11.4 Å². The Kier molecular flexibility index (Phi) is 5.87. The van der Waals surface area contributed by atoms with Gasteiger partial charge in [0.05, 0.1) is 5.69 Å². The maximum Gasteiger partial charge on any atom is 0.280 e. The molecular weight excluding hydrogens is 368 g/mol. The van der Waals surface area contributed by atoms with Crippen LogP contribution in [0.25, 0.3) is 5.69 Å². The van der Waals surface area contributed by atoms with E-state index in [1.165, 1.54) is 6.07 Å². The molecule has 0 fully saturated rings. The number of amides is 2. The second-order valence-electron chi connectivity index (χ2n) is 6.92. The second kappa shape index (κ2) is 8.52. The number of aryl methyl sites for hydroxylation is 1. The van der Waals surface area contributed by atoms with Crippen molar-refractivity contribution in [1.29, 1.82) is 0 Å². The lowest BCUT2D eigenvalue weighted by Crippen LogP contribution is -2.26. The van der Waals surface area contributed by atoms with Crippen molar-refractivity contribution in [2.24, 2.45) is 5.92 Å². The monoisotopic (exact) mass is 390 g/mol. The maximum absolute atomic E-state index is 12.6. The summed E-state index contributed by atoms with van der Waals surface area (Å²) in [4.78, 5) is 36.7. The molecule has 1 heterocycles. The molecular formula is C22H22N4O3. The number of carbonyl (C=O) groups excluding carboxylic acids is 2. The molecule has 2 N–H and O–H groups in total. The average molecular weight is 390 g/mol. The van der Waals surface area contributed by atoms with Gasteiger partial charge in [0, 0.05) is 29.1 Å². The van der Waals surface area contributed by atoms with Gasteiger partial charge < -0.3 is 10.6 Å². The van der Waals surface area contributed by atoms with Gasteiger partial charge in [-0.1, -0.05) is 32.0 Å². The minimum atomic E-state index is -0.598. The fourth-order valence-electron chi connectivity index (χ4n) is 2.65. The van der Waals surface area contributed by atoms with Crippen molar-refractivity contribution in [1.82, 2.24) is 9.78 Å². The molecule has 0 saturated carbocycles. The lowest BCUT2D eigenvalue weighted by Gasteiger charge is -2.12. The fraction of sp³-hybridized carbons (Fsp3) is 0.182. The molecule has 1 aromatic heterocycles.